The van der Waals surface area contributed by atoms with Crippen LogP contribution in [-0.4, -0.2) is 11.2 Å². The van der Waals surface area contributed by atoms with Crippen molar-refractivity contribution < 1.29 is 41.9 Å². The van der Waals surface area contributed by atoms with Gasteiger partial charge in [0.25, 0.3) is 0 Å². The van der Waals surface area contributed by atoms with Crippen LogP contribution in [0, 0.1) is 0 Å². The molecule has 0 aliphatic rings. The summed E-state index contributed by atoms with van der Waals surface area (Å²) in [6.45, 7) is 0. The largest absolute Gasteiger partial charge is 2.00 e. The molecule has 3 aromatic carbocycles. The number of halogens is 2. The van der Waals surface area contributed by atoms with E-state index in [-0.39, 0.29) is 41.9 Å². The number of benzene rings is 3. The monoisotopic (exact) mass is 474 g/mol. The quantitative estimate of drug-likeness (QED) is 0.303. The second-order valence-corrected chi connectivity index (χ2v) is 6.27. The molecule has 2 nitrogen and oxygen atoms in total. The fourth-order valence-corrected chi connectivity index (χ4v) is 3.13. The average Bonchev–Trinajstić information content (AvgIpc) is 2.76. The molecule has 1 heterocycles. The molecule has 5 heteroatoms. The van der Waals surface area contributed by atoms with Gasteiger partial charge < -0.3 is 24.8 Å². The third kappa shape index (κ3) is 6.29. The van der Waals surface area contributed by atoms with Gasteiger partial charge in [0.1, 0.15) is 0 Å². The first kappa shape index (κ1) is 25.6. The van der Waals surface area contributed by atoms with Crippen LogP contribution in [0.1, 0.15) is 5.69 Å². The van der Waals surface area contributed by atoms with Crippen molar-refractivity contribution in [1.29, 1.82) is 0 Å². The Bertz CT molecular complexity index is 983. The van der Waals surface area contributed by atoms with Crippen LogP contribution in [-0.2, 0) is 23.5 Å². The number of para-hydroxylation sites is 1. The number of pyridine rings is 1. The molecule has 0 fully saturated rings. The Morgan fingerprint density at radius 3 is 1.67 bits per heavy atom. The van der Waals surface area contributed by atoms with Crippen LogP contribution in [0.2, 0.25) is 0 Å². The van der Waals surface area contributed by atoms with Crippen LogP contribution in [0.15, 0.2) is 108 Å². The summed E-state index contributed by atoms with van der Waals surface area (Å²) in [6.07, 6.45) is 4.48. The normalized spacial score (nSPS) is 9.87. The molecule has 0 saturated heterocycles. The van der Waals surface area contributed by atoms with Crippen molar-refractivity contribution in [2.24, 2.45) is 4.99 Å². The first-order valence-electron chi connectivity index (χ1n) is 9.08. The van der Waals surface area contributed by atoms with Crippen molar-refractivity contribution in [3.63, 3.8) is 0 Å². The molecule has 0 aliphatic carbocycles. The second kappa shape index (κ2) is 13.0. The van der Waals surface area contributed by atoms with Crippen molar-refractivity contribution in [1.82, 2.24) is 4.98 Å². The number of nitrogens with zero attached hydrogens (tertiary/aromatic N) is 2. The zero-order valence-electron chi connectivity index (χ0n) is 16.1. The van der Waals surface area contributed by atoms with E-state index in [0.29, 0.717) is 6.42 Å². The maximum atomic E-state index is 4.89. The summed E-state index contributed by atoms with van der Waals surface area (Å²) < 4.78 is 0. The van der Waals surface area contributed by atoms with Crippen LogP contribution in [0.5, 0.6) is 0 Å². The van der Waals surface area contributed by atoms with Crippen LogP contribution in [0.4, 0.5) is 5.69 Å². The Balaban J connectivity index is 0.00000150. The predicted octanol–water partition coefficient (Wildman–Crippen LogP) is 0.366. The standard InChI is InChI=1S/C25H20N2.2ClH.Fe/c1-3-10-20(11-4-1)23-15-9-16-24(21-12-5-2-6-13-21)25(23)27-19-17-22-14-7-8-18-26-22;;;/h1-16,18-19H,17H2;2*1H;/q;;;+2/p-2. The average molecular weight is 475 g/mol. The molecule has 4 rings (SSSR count). The summed E-state index contributed by atoms with van der Waals surface area (Å²) in [5.41, 5.74) is 6.61. The summed E-state index contributed by atoms with van der Waals surface area (Å²) in [5.74, 6) is 0. The maximum absolute atomic E-state index is 4.89. The molecule has 0 bridgehead atoms. The van der Waals surface area contributed by atoms with Gasteiger partial charge in [-0.15, -0.1) is 0 Å². The zero-order valence-corrected chi connectivity index (χ0v) is 18.7. The van der Waals surface area contributed by atoms with Gasteiger partial charge in [-0.1, -0.05) is 84.9 Å². The molecular formula is C25H20Cl2FeN2. The van der Waals surface area contributed by atoms with Crippen molar-refractivity contribution in [3.05, 3.63) is 109 Å². The SMILES string of the molecule is C(Cc1ccccn1)=Nc1c(-c2ccccc2)cccc1-c1ccccc1.[Cl-].[Cl-].[Fe+2]. The predicted molar refractivity (Wildman–Crippen MR) is 113 cm³/mol. The molecule has 4 aromatic rings. The Hall–Kier alpha value is -2.42. The minimum atomic E-state index is 0. The van der Waals surface area contributed by atoms with E-state index >= 15 is 0 Å². The van der Waals surface area contributed by atoms with E-state index < -0.39 is 0 Å². The number of aromatic nitrogens is 1. The maximum Gasteiger partial charge on any atom is 2.00 e. The number of aliphatic imine (C=N–C) groups is 1. The van der Waals surface area contributed by atoms with Gasteiger partial charge in [-0.2, -0.15) is 0 Å². The number of hydrogen-bond acceptors (Lipinski definition) is 2. The van der Waals surface area contributed by atoms with E-state index in [4.69, 9.17) is 4.99 Å². The molecular weight excluding hydrogens is 455 g/mol. The molecule has 0 aliphatic heterocycles. The van der Waals surface area contributed by atoms with Crippen molar-refractivity contribution in [3.8, 4) is 22.3 Å². The van der Waals surface area contributed by atoms with Crippen molar-refractivity contribution in [2.75, 3.05) is 0 Å². The van der Waals surface area contributed by atoms with E-state index in [0.717, 1.165) is 22.5 Å². The first-order chi connectivity index (χ1) is 13.4. The van der Waals surface area contributed by atoms with E-state index in [1.54, 1.807) is 0 Å². The number of rotatable bonds is 5. The van der Waals surface area contributed by atoms with Gasteiger partial charge in [-0.25, -0.2) is 0 Å². The molecule has 0 N–H and O–H groups in total. The Morgan fingerprint density at radius 2 is 1.17 bits per heavy atom. The minimum absolute atomic E-state index is 0. The third-order valence-electron chi connectivity index (χ3n) is 4.45. The Kier molecular flexibility index (Phi) is 11.1. The molecule has 1 aromatic heterocycles. The van der Waals surface area contributed by atoms with Crippen LogP contribution < -0.4 is 24.8 Å². The van der Waals surface area contributed by atoms with Crippen LogP contribution in [0.25, 0.3) is 22.3 Å². The molecule has 0 saturated carbocycles. The fraction of sp³-hybridized carbons (Fsp3) is 0.0400. The van der Waals surface area contributed by atoms with Gasteiger partial charge in [0.05, 0.1) is 5.69 Å². The molecule has 152 valence electrons. The van der Waals surface area contributed by atoms with E-state index in [1.165, 1.54) is 11.1 Å². The topological polar surface area (TPSA) is 25.2 Å². The van der Waals surface area contributed by atoms with Gasteiger partial charge in [0, 0.05) is 35.7 Å². The molecule has 30 heavy (non-hydrogen) atoms. The summed E-state index contributed by atoms with van der Waals surface area (Å²) >= 11 is 0. The van der Waals surface area contributed by atoms with Crippen LogP contribution >= 0.6 is 0 Å². The third-order valence-corrected chi connectivity index (χ3v) is 4.45. The van der Waals surface area contributed by atoms with Gasteiger partial charge in [0.15, 0.2) is 0 Å². The van der Waals surface area contributed by atoms with Gasteiger partial charge >= 0.3 is 17.1 Å². The molecule has 0 spiro atoms. The smallest absolute Gasteiger partial charge is 1.00 e. The van der Waals surface area contributed by atoms with E-state index in [9.17, 15) is 0 Å². The Labute approximate surface area is 200 Å². The van der Waals surface area contributed by atoms with Crippen molar-refractivity contribution >= 4 is 11.9 Å². The first-order valence-corrected chi connectivity index (χ1v) is 9.08. The number of hydrogen-bond donors (Lipinski definition) is 0. The van der Waals surface area contributed by atoms with Gasteiger partial charge in [-0.3, -0.25) is 9.98 Å². The van der Waals surface area contributed by atoms with E-state index in [2.05, 4.69) is 71.7 Å². The molecule has 0 radical (unpaired) electrons. The minimum Gasteiger partial charge on any atom is -1.00 e. The fourth-order valence-electron chi connectivity index (χ4n) is 3.13. The summed E-state index contributed by atoms with van der Waals surface area (Å²) in [7, 11) is 0. The molecule has 0 unspecified atom stereocenters. The summed E-state index contributed by atoms with van der Waals surface area (Å²) in [4.78, 5) is 9.27. The van der Waals surface area contributed by atoms with Crippen molar-refractivity contribution in [2.45, 2.75) is 6.42 Å². The van der Waals surface area contributed by atoms with Crippen LogP contribution in [0.3, 0.4) is 0 Å². The molecule has 0 amide bonds. The van der Waals surface area contributed by atoms with Gasteiger partial charge in [0.2, 0.25) is 0 Å². The molecule has 0 atom stereocenters. The zero-order chi connectivity index (χ0) is 18.3. The van der Waals surface area contributed by atoms with E-state index in [1.807, 2.05) is 42.7 Å². The second-order valence-electron chi connectivity index (χ2n) is 6.27. The summed E-state index contributed by atoms with van der Waals surface area (Å²) in [6, 6.07) is 33.1. The summed E-state index contributed by atoms with van der Waals surface area (Å²) in [5, 5.41) is 0. The Morgan fingerprint density at radius 1 is 0.633 bits per heavy atom. The van der Waals surface area contributed by atoms with Gasteiger partial charge in [-0.05, 0) is 23.3 Å².